The molecule has 0 unspecified atom stereocenters. The summed E-state index contributed by atoms with van der Waals surface area (Å²) in [5.74, 6) is 0. The second-order valence-electron chi connectivity index (χ2n) is 7.19. The fraction of sp³-hybridized carbons (Fsp3) is 1.00. The monoisotopic (exact) mass is 239 g/mol. The Morgan fingerprint density at radius 1 is 0.882 bits per heavy atom. The molecule has 0 aromatic rings. The zero-order chi connectivity index (χ0) is 12.5. The van der Waals surface area contributed by atoms with Gasteiger partial charge in [0.05, 0.1) is 0 Å². The molecule has 3 N–H and O–H groups in total. The standard InChI is InChI=1S/C14H29N3/c1-13(2)9-12(10-14(3,4)17-13)16-11-5-7-15-8-6-11/h11-12,15-17H,5-10H2,1-4H3. The topological polar surface area (TPSA) is 36.1 Å². The van der Waals surface area contributed by atoms with E-state index in [0.717, 1.165) is 6.04 Å². The van der Waals surface area contributed by atoms with E-state index in [0.29, 0.717) is 6.04 Å². The average molecular weight is 239 g/mol. The van der Waals surface area contributed by atoms with Gasteiger partial charge in [-0.1, -0.05) is 0 Å². The molecule has 0 aliphatic carbocycles. The summed E-state index contributed by atoms with van der Waals surface area (Å²) in [6.07, 6.45) is 5.04. The summed E-state index contributed by atoms with van der Waals surface area (Å²) in [5, 5.41) is 11.1. The highest BCUT2D eigenvalue weighted by Crippen LogP contribution is 2.29. The predicted molar refractivity (Wildman–Crippen MR) is 73.3 cm³/mol. The van der Waals surface area contributed by atoms with Gasteiger partial charge in [-0.2, -0.15) is 0 Å². The van der Waals surface area contributed by atoms with Crippen molar-refractivity contribution in [1.82, 2.24) is 16.0 Å². The summed E-state index contributed by atoms with van der Waals surface area (Å²) in [6.45, 7) is 11.6. The third-order valence-corrected chi connectivity index (χ3v) is 4.00. The zero-order valence-corrected chi connectivity index (χ0v) is 11.9. The molecule has 0 spiro atoms. The Balaban J connectivity index is 1.91. The molecule has 0 radical (unpaired) electrons. The van der Waals surface area contributed by atoms with Crippen LogP contribution in [0, 0.1) is 0 Å². The normalized spacial score (nSPS) is 30.4. The van der Waals surface area contributed by atoms with Crippen molar-refractivity contribution in [3.05, 3.63) is 0 Å². The van der Waals surface area contributed by atoms with E-state index < -0.39 is 0 Å². The van der Waals surface area contributed by atoms with Gasteiger partial charge in [-0.25, -0.2) is 0 Å². The zero-order valence-electron chi connectivity index (χ0n) is 11.9. The number of piperidine rings is 2. The van der Waals surface area contributed by atoms with Crippen LogP contribution in [0.15, 0.2) is 0 Å². The van der Waals surface area contributed by atoms with Crippen molar-refractivity contribution < 1.29 is 0 Å². The number of hydrogen-bond acceptors (Lipinski definition) is 3. The second-order valence-corrected chi connectivity index (χ2v) is 7.19. The number of nitrogens with one attached hydrogen (secondary N) is 3. The first-order chi connectivity index (χ1) is 7.86. The molecule has 0 atom stereocenters. The molecule has 2 rings (SSSR count). The molecule has 100 valence electrons. The van der Waals surface area contributed by atoms with Crippen LogP contribution in [0.1, 0.15) is 53.4 Å². The molecule has 2 saturated heterocycles. The lowest BCUT2D eigenvalue weighted by Gasteiger charge is -2.47. The van der Waals surface area contributed by atoms with Gasteiger partial charge in [0.15, 0.2) is 0 Å². The summed E-state index contributed by atoms with van der Waals surface area (Å²) in [6, 6.07) is 1.40. The molecule has 0 saturated carbocycles. The molecular weight excluding hydrogens is 210 g/mol. The first-order valence-corrected chi connectivity index (χ1v) is 7.12. The van der Waals surface area contributed by atoms with Crippen LogP contribution in [-0.4, -0.2) is 36.3 Å². The maximum atomic E-state index is 3.89. The smallest absolute Gasteiger partial charge is 0.0144 e. The Hall–Kier alpha value is -0.120. The van der Waals surface area contributed by atoms with E-state index in [1.807, 2.05) is 0 Å². The van der Waals surface area contributed by atoms with Gasteiger partial charge in [-0.3, -0.25) is 0 Å². The van der Waals surface area contributed by atoms with Gasteiger partial charge in [0.2, 0.25) is 0 Å². The van der Waals surface area contributed by atoms with Crippen LogP contribution in [0.4, 0.5) is 0 Å². The van der Waals surface area contributed by atoms with Gasteiger partial charge in [0.25, 0.3) is 0 Å². The van der Waals surface area contributed by atoms with Gasteiger partial charge in [0.1, 0.15) is 0 Å². The van der Waals surface area contributed by atoms with Crippen LogP contribution >= 0.6 is 0 Å². The van der Waals surface area contributed by atoms with Crippen LogP contribution in [-0.2, 0) is 0 Å². The molecule has 3 heteroatoms. The largest absolute Gasteiger partial charge is 0.317 e. The Labute approximate surface area is 106 Å². The maximum absolute atomic E-state index is 3.89. The minimum absolute atomic E-state index is 0.256. The van der Waals surface area contributed by atoms with E-state index in [1.165, 1.54) is 38.8 Å². The maximum Gasteiger partial charge on any atom is 0.0144 e. The first kappa shape index (κ1) is 13.3. The van der Waals surface area contributed by atoms with E-state index in [9.17, 15) is 0 Å². The molecule has 2 aliphatic heterocycles. The van der Waals surface area contributed by atoms with E-state index in [1.54, 1.807) is 0 Å². The summed E-state index contributed by atoms with van der Waals surface area (Å²) in [5.41, 5.74) is 0.513. The van der Waals surface area contributed by atoms with Crippen LogP contribution in [0.2, 0.25) is 0 Å². The second kappa shape index (κ2) is 4.87. The highest BCUT2D eigenvalue weighted by atomic mass is 15.1. The third-order valence-electron chi connectivity index (χ3n) is 4.00. The number of rotatable bonds is 2. The van der Waals surface area contributed by atoms with Gasteiger partial charge < -0.3 is 16.0 Å². The predicted octanol–water partition coefficient (Wildman–Crippen LogP) is 1.64. The van der Waals surface area contributed by atoms with Crippen molar-refractivity contribution in [3.8, 4) is 0 Å². The summed E-state index contributed by atoms with van der Waals surface area (Å²) >= 11 is 0. The van der Waals surface area contributed by atoms with Crippen molar-refractivity contribution in [2.45, 2.75) is 76.5 Å². The minimum atomic E-state index is 0.256. The van der Waals surface area contributed by atoms with Crippen molar-refractivity contribution >= 4 is 0 Å². The van der Waals surface area contributed by atoms with E-state index >= 15 is 0 Å². The fourth-order valence-electron chi connectivity index (χ4n) is 3.76. The lowest BCUT2D eigenvalue weighted by atomic mass is 9.79. The van der Waals surface area contributed by atoms with Crippen LogP contribution < -0.4 is 16.0 Å². The summed E-state index contributed by atoms with van der Waals surface area (Å²) < 4.78 is 0. The molecule has 2 aliphatic rings. The summed E-state index contributed by atoms with van der Waals surface area (Å²) in [7, 11) is 0. The first-order valence-electron chi connectivity index (χ1n) is 7.12. The van der Waals surface area contributed by atoms with Crippen LogP contribution in [0.25, 0.3) is 0 Å². The highest BCUT2D eigenvalue weighted by molar-refractivity contribution is 5.00. The molecule has 2 heterocycles. The Bertz CT molecular complexity index is 238. The lowest BCUT2D eigenvalue weighted by molar-refractivity contribution is 0.135. The van der Waals surface area contributed by atoms with E-state index in [4.69, 9.17) is 0 Å². The molecular formula is C14H29N3. The summed E-state index contributed by atoms with van der Waals surface area (Å²) in [4.78, 5) is 0. The third kappa shape index (κ3) is 3.94. The molecule has 17 heavy (non-hydrogen) atoms. The quantitative estimate of drug-likeness (QED) is 0.685. The molecule has 0 amide bonds. The number of hydrogen-bond donors (Lipinski definition) is 3. The van der Waals surface area contributed by atoms with E-state index in [-0.39, 0.29) is 11.1 Å². The SMILES string of the molecule is CC1(C)CC(NC2CCNCC2)CC(C)(C)N1. The Morgan fingerprint density at radius 2 is 1.41 bits per heavy atom. The molecule has 0 bridgehead atoms. The Kier molecular flexibility index (Phi) is 3.81. The molecule has 0 aromatic heterocycles. The highest BCUT2D eigenvalue weighted by Gasteiger charge is 2.38. The van der Waals surface area contributed by atoms with E-state index in [2.05, 4.69) is 43.6 Å². The van der Waals surface area contributed by atoms with Crippen molar-refractivity contribution in [3.63, 3.8) is 0 Å². The van der Waals surface area contributed by atoms with Gasteiger partial charge in [-0.15, -0.1) is 0 Å². The lowest BCUT2D eigenvalue weighted by Crippen LogP contribution is -2.62. The van der Waals surface area contributed by atoms with Crippen molar-refractivity contribution in [2.75, 3.05) is 13.1 Å². The minimum Gasteiger partial charge on any atom is -0.317 e. The van der Waals surface area contributed by atoms with Crippen molar-refractivity contribution in [1.29, 1.82) is 0 Å². The van der Waals surface area contributed by atoms with Crippen molar-refractivity contribution in [2.24, 2.45) is 0 Å². The van der Waals surface area contributed by atoms with Gasteiger partial charge >= 0.3 is 0 Å². The molecule has 0 aromatic carbocycles. The van der Waals surface area contributed by atoms with Gasteiger partial charge in [-0.05, 0) is 66.5 Å². The average Bonchev–Trinajstić information content (AvgIpc) is 2.13. The fourth-order valence-corrected chi connectivity index (χ4v) is 3.76. The van der Waals surface area contributed by atoms with Crippen LogP contribution in [0.3, 0.4) is 0 Å². The molecule has 3 nitrogen and oxygen atoms in total. The molecule has 2 fully saturated rings. The van der Waals surface area contributed by atoms with Crippen LogP contribution in [0.5, 0.6) is 0 Å². The Morgan fingerprint density at radius 3 is 1.94 bits per heavy atom. The van der Waals surface area contributed by atoms with Gasteiger partial charge in [0, 0.05) is 23.2 Å².